The number of nitrogens with two attached hydrogens (primary N) is 1. The first kappa shape index (κ1) is 16.5. The summed E-state index contributed by atoms with van der Waals surface area (Å²) in [7, 11) is 4.76. The van der Waals surface area contributed by atoms with Crippen LogP contribution in [0.5, 0.6) is 0 Å². The largest absolute Gasteiger partial charge is 0.481 e. The standard InChI is InChI=1S/C11H25N5O2/c1-5-14-6-7-15-8-16-11(18-4)9(13-2)10(12)17-3/h13-15H,5-8,12H2,1-4H3/b10-9-,16-11+. The summed E-state index contributed by atoms with van der Waals surface area (Å²) in [5.41, 5.74) is 6.21. The van der Waals surface area contributed by atoms with Crippen molar-refractivity contribution in [1.29, 1.82) is 0 Å². The summed E-state index contributed by atoms with van der Waals surface area (Å²) in [6, 6.07) is 0. The molecule has 0 atom stereocenters. The van der Waals surface area contributed by atoms with Gasteiger partial charge < -0.3 is 25.8 Å². The van der Waals surface area contributed by atoms with E-state index >= 15 is 0 Å². The Labute approximate surface area is 109 Å². The Morgan fingerprint density at radius 1 is 1.17 bits per heavy atom. The first-order valence-electron chi connectivity index (χ1n) is 5.92. The Bertz CT molecular complexity index is 279. The second kappa shape index (κ2) is 10.7. The van der Waals surface area contributed by atoms with Crippen molar-refractivity contribution >= 4 is 5.90 Å². The molecule has 0 saturated carbocycles. The van der Waals surface area contributed by atoms with Gasteiger partial charge in [0, 0.05) is 20.1 Å². The van der Waals surface area contributed by atoms with E-state index in [2.05, 4.69) is 27.9 Å². The molecule has 0 bridgehead atoms. The van der Waals surface area contributed by atoms with Gasteiger partial charge in [-0.1, -0.05) is 6.92 Å². The molecule has 18 heavy (non-hydrogen) atoms. The van der Waals surface area contributed by atoms with Crippen LogP contribution in [-0.4, -0.2) is 53.5 Å². The predicted octanol–water partition coefficient (Wildman–Crippen LogP) is -0.818. The average molecular weight is 259 g/mol. The molecular formula is C11H25N5O2. The minimum Gasteiger partial charge on any atom is -0.481 e. The molecule has 0 spiro atoms. The molecule has 0 aromatic heterocycles. The van der Waals surface area contributed by atoms with Crippen LogP contribution in [0.25, 0.3) is 0 Å². The molecule has 0 rings (SSSR count). The molecule has 0 aliphatic heterocycles. The van der Waals surface area contributed by atoms with Gasteiger partial charge in [-0.15, -0.1) is 0 Å². The van der Waals surface area contributed by atoms with Gasteiger partial charge in [0.05, 0.1) is 20.9 Å². The highest BCUT2D eigenvalue weighted by atomic mass is 16.5. The molecular weight excluding hydrogens is 234 g/mol. The zero-order valence-corrected chi connectivity index (χ0v) is 11.7. The molecule has 0 aliphatic carbocycles. The van der Waals surface area contributed by atoms with E-state index in [9.17, 15) is 0 Å². The fraction of sp³-hybridized carbons (Fsp3) is 0.727. The molecule has 0 fully saturated rings. The number of hydrogen-bond donors (Lipinski definition) is 4. The monoisotopic (exact) mass is 259 g/mol. The van der Waals surface area contributed by atoms with Crippen molar-refractivity contribution in [2.24, 2.45) is 10.7 Å². The van der Waals surface area contributed by atoms with Crippen LogP contribution in [0.4, 0.5) is 0 Å². The molecule has 5 N–H and O–H groups in total. The van der Waals surface area contributed by atoms with Crippen molar-refractivity contribution in [1.82, 2.24) is 16.0 Å². The number of nitrogens with one attached hydrogen (secondary N) is 3. The number of likely N-dealkylation sites (N-methyl/N-ethyl adjacent to an activating group) is 2. The van der Waals surface area contributed by atoms with Gasteiger partial charge in [-0.2, -0.15) is 0 Å². The molecule has 106 valence electrons. The molecule has 7 heteroatoms. The topological polar surface area (TPSA) is 92.9 Å². The Morgan fingerprint density at radius 2 is 1.83 bits per heavy atom. The van der Waals surface area contributed by atoms with Crippen LogP contribution >= 0.6 is 0 Å². The van der Waals surface area contributed by atoms with Gasteiger partial charge in [0.1, 0.15) is 0 Å². The Morgan fingerprint density at radius 3 is 2.33 bits per heavy atom. The number of methoxy groups -OCH3 is 2. The van der Waals surface area contributed by atoms with Crippen LogP contribution in [0.15, 0.2) is 16.6 Å². The van der Waals surface area contributed by atoms with Crippen molar-refractivity contribution in [3.05, 3.63) is 11.6 Å². The van der Waals surface area contributed by atoms with Crippen LogP contribution in [0.3, 0.4) is 0 Å². The van der Waals surface area contributed by atoms with E-state index < -0.39 is 0 Å². The van der Waals surface area contributed by atoms with Crippen LogP contribution in [0.2, 0.25) is 0 Å². The maximum absolute atomic E-state index is 5.68. The molecule has 0 aliphatic rings. The van der Waals surface area contributed by atoms with Gasteiger partial charge >= 0.3 is 0 Å². The molecule has 0 amide bonds. The Balaban J connectivity index is 4.30. The third kappa shape index (κ3) is 6.31. The van der Waals surface area contributed by atoms with Crippen molar-refractivity contribution in [3.63, 3.8) is 0 Å². The lowest BCUT2D eigenvalue weighted by atomic mass is 10.4. The highest BCUT2D eigenvalue weighted by Crippen LogP contribution is 1.99. The van der Waals surface area contributed by atoms with Gasteiger partial charge in [-0.3, -0.25) is 5.32 Å². The molecule has 0 aromatic rings. The molecule has 0 aromatic carbocycles. The van der Waals surface area contributed by atoms with Crippen LogP contribution in [0, 0.1) is 0 Å². The number of hydrogen-bond acceptors (Lipinski definition) is 7. The number of rotatable bonds is 9. The van der Waals surface area contributed by atoms with Gasteiger partial charge in [0.15, 0.2) is 5.70 Å². The van der Waals surface area contributed by atoms with E-state index in [1.807, 2.05) is 0 Å². The second-order valence-corrected chi connectivity index (χ2v) is 3.37. The van der Waals surface area contributed by atoms with Crippen molar-refractivity contribution < 1.29 is 9.47 Å². The van der Waals surface area contributed by atoms with Crippen molar-refractivity contribution in [2.75, 3.05) is 47.6 Å². The second-order valence-electron chi connectivity index (χ2n) is 3.37. The first-order chi connectivity index (χ1) is 8.71. The normalized spacial score (nSPS) is 13.0. The van der Waals surface area contributed by atoms with Crippen LogP contribution in [0.1, 0.15) is 6.92 Å². The quantitative estimate of drug-likeness (QED) is 0.187. The van der Waals surface area contributed by atoms with E-state index in [0.717, 1.165) is 19.6 Å². The van der Waals surface area contributed by atoms with E-state index in [4.69, 9.17) is 15.2 Å². The van der Waals surface area contributed by atoms with Crippen molar-refractivity contribution in [2.45, 2.75) is 6.92 Å². The average Bonchev–Trinajstić information content (AvgIpc) is 2.40. The summed E-state index contributed by atoms with van der Waals surface area (Å²) < 4.78 is 10.1. The smallest absolute Gasteiger partial charge is 0.239 e. The maximum Gasteiger partial charge on any atom is 0.239 e. The number of aliphatic imine (C=N–C) groups is 1. The highest BCUT2D eigenvalue weighted by molar-refractivity contribution is 5.93. The fourth-order valence-corrected chi connectivity index (χ4v) is 1.24. The maximum atomic E-state index is 5.68. The summed E-state index contributed by atoms with van der Waals surface area (Å²) >= 11 is 0. The predicted molar refractivity (Wildman–Crippen MR) is 73.1 cm³/mol. The van der Waals surface area contributed by atoms with Crippen LogP contribution < -0.4 is 21.7 Å². The molecule has 0 unspecified atom stereocenters. The third-order valence-corrected chi connectivity index (χ3v) is 2.19. The van der Waals surface area contributed by atoms with Crippen molar-refractivity contribution in [3.8, 4) is 0 Å². The number of nitrogens with zero attached hydrogens (tertiary/aromatic N) is 1. The van der Waals surface area contributed by atoms with Gasteiger partial charge in [0.2, 0.25) is 11.8 Å². The van der Waals surface area contributed by atoms with E-state index in [1.54, 1.807) is 7.05 Å². The third-order valence-electron chi connectivity index (χ3n) is 2.19. The summed E-state index contributed by atoms with van der Waals surface area (Å²) in [6.45, 7) is 5.23. The lowest BCUT2D eigenvalue weighted by Gasteiger charge is -2.12. The van der Waals surface area contributed by atoms with Crippen LogP contribution in [-0.2, 0) is 9.47 Å². The summed E-state index contributed by atoms with van der Waals surface area (Å²) in [5, 5.41) is 9.27. The molecule has 0 radical (unpaired) electrons. The molecule has 7 nitrogen and oxygen atoms in total. The summed E-state index contributed by atoms with van der Waals surface area (Å²) in [6.07, 6.45) is 0. The lowest BCUT2D eigenvalue weighted by molar-refractivity contribution is 0.279. The fourth-order valence-electron chi connectivity index (χ4n) is 1.24. The van der Waals surface area contributed by atoms with E-state index in [1.165, 1.54) is 14.2 Å². The zero-order valence-electron chi connectivity index (χ0n) is 11.7. The lowest BCUT2D eigenvalue weighted by Crippen LogP contribution is -2.29. The number of ether oxygens (including phenoxy) is 2. The van der Waals surface area contributed by atoms with Gasteiger partial charge in [-0.05, 0) is 6.54 Å². The highest BCUT2D eigenvalue weighted by Gasteiger charge is 2.10. The minimum atomic E-state index is 0.241. The van der Waals surface area contributed by atoms with E-state index in [-0.39, 0.29) is 5.88 Å². The van der Waals surface area contributed by atoms with E-state index in [0.29, 0.717) is 18.3 Å². The summed E-state index contributed by atoms with van der Waals surface area (Å²) in [5.74, 6) is 0.651. The first-order valence-corrected chi connectivity index (χ1v) is 5.92. The SMILES string of the molecule is CCNCCNC/N=C(OC)\C(NC)=C(/N)OC. The molecule has 0 saturated heterocycles. The zero-order chi connectivity index (χ0) is 13.8. The Kier molecular flexibility index (Phi) is 9.80. The Hall–Kier alpha value is -1.47. The van der Waals surface area contributed by atoms with Gasteiger partial charge in [0.25, 0.3) is 0 Å². The molecule has 0 heterocycles. The van der Waals surface area contributed by atoms with Gasteiger partial charge in [-0.25, -0.2) is 4.99 Å². The minimum absolute atomic E-state index is 0.241. The summed E-state index contributed by atoms with van der Waals surface area (Å²) in [4.78, 5) is 4.26.